The molecule has 2 rings (SSSR count). The summed E-state index contributed by atoms with van der Waals surface area (Å²) >= 11 is 0. The second kappa shape index (κ2) is 6.75. The van der Waals surface area contributed by atoms with Gasteiger partial charge < -0.3 is 0 Å². The Morgan fingerprint density at radius 1 is 1.00 bits per heavy atom. The molecule has 0 aliphatic carbocycles. The van der Waals surface area contributed by atoms with Crippen LogP contribution in [-0.2, 0) is 10.0 Å². The minimum Gasteiger partial charge on any atom is -0.280 e. The maximum atomic E-state index is 12.7. The topological polar surface area (TPSA) is 46.2 Å². The second-order valence-electron chi connectivity index (χ2n) is 6.26. The molecule has 0 aliphatic heterocycles. The monoisotopic (exact) mass is 331 g/mol. The standard InChI is InChI=1S/C19H25NO2S/c1-6-14(3)17-7-9-18(10-8-17)20-23(21,22)19-15(4)11-13(2)12-16(19)5/h7-12,14,20H,6H2,1-5H3/t14-/m1/s1. The quantitative estimate of drug-likeness (QED) is 0.844. The Bertz CT molecular complexity index is 770. The fourth-order valence-corrected chi connectivity index (χ4v) is 4.43. The van der Waals surface area contributed by atoms with E-state index in [1.165, 1.54) is 5.56 Å². The van der Waals surface area contributed by atoms with E-state index in [0.29, 0.717) is 16.5 Å². The summed E-state index contributed by atoms with van der Waals surface area (Å²) in [5.41, 5.74) is 4.42. The minimum absolute atomic E-state index is 0.370. The van der Waals surface area contributed by atoms with E-state index in [0.717, 1.165) is 23.1 Å². The molecule has 0 unspecified atom stereocenters. The molecule has 4 heteroatoms. The SMILES string of the molecule is CC[C@@H](C)c1ccc(NS(=O)(=O)c2c(C)cc(C)cc2C)cc1. The molecule has 1 N–H and O–H groups in total. The van der Waals surface area contributed by atoms with Crippen molar-refractivity contribution < 1.29 is 8.42 Å². The van der Waals surface area contributed by atoms with Crippen LogP contribution in [0.25, 0.3) is 0 Å². The molecule has 0 saturated heterocycles. The normalized spacial score (nSPS) is 12.9. The highest BCUT2D eigenvalue weighted by Gasteiger charge is 2.20. The van der Waals surface area contributed by atoms with Crippen molar-refractivity contribution in [1.82, 2.24) is 0 Å². The molecule has 0 fully saturated rings. The molecular formula is C19H25NO2S. The Morgan fingerprint density at radius 2 is 1.52 bits per heavy atom. The number of benzene rings is 2. The highest BCUT2D eigenvalue weighted by atomic mass is 32.2. The summed E-state index contributed by atoms with van der Waals surface area (Å²) in [7, 11) is -3.58. The number of rotatable bonds is 5. The highest BCUT2D eigenvalue weighted by Crippen LogP contribution is 2.25. The lowest BCUT2D eigenvalue weighted by Gasteiger charge is -2.15. The van der Waals surface area contributed by atoms with E-state index < -0.39 is 10.0 Å². The molecule has 0 aliphatic rings. The zero-order chi connectivity index (χ0) is 17.2. The fraction of sp³-hybridized carbons (Fsp3) is 0.368. The van der Waals surface area contributed by atoms with Gasteiger partial charge in [-0.25, -0.2) is 8.42 Å². The molecule has 0 aromatic heterocycles. The Kier molecular flexibility index (Phi) is 5.15. The first-order valence-electron chi connectivity index (χ1n) is 7.95. The highest BCUT2D eigenvalue weighted by molar-refractivity contribution is 7.92. The minimum atomic E-state index is -3.58. The van der Waals surface area contributed by atoms with Crippen LogP contribution in [0.2, 0.25) is 0 Å². The third-order valence-electron chi connectivity index (χ3n) is 4.22. The second-order valence-corrected chi connectivity index (χ2v) is 7.88. The van der Waals surface area contributed by atoms with E-state index in [1.54, 1.807) is 0 Å². The molecule has 0 heterocycles. The molecule has 0 amide bonds. The Balaban J connectivity index is 2.32. The summed E-state index contributed by atoms with van der Waals surface area (Å²) in [6.45, 7) is 9.95. The summed E-state index contributed by atoms with van der Waals surface area (Å²) in [6, 6.07) is 11.4. The predicted molar refractivity (Wildman–Crippen MR) is 96.6 cm³/mol. The Morgan fingerprint density at radius 3 is 2.00 bits per heavy atom. The van der Waals surface area contributed by atoms with Gasteiger partial charge in [0.1, 0.15) is 0 Å². The fourth-order valence-electron chi connectivity index (χ4n) is 2.91. The molecule has 124 valence electrons. The van der Waals surface area contributed by atoms with Crippen molar-refractivity contribution in [1.29, 1.82) is 0 Å². The number of anilines is 1. The first-order chi connectivity index (χ1) is 10.7. The van der Waals surface area contributed by atoms with Crippen LogP contribution in [-0.4, -0.2) is 8.42 Å². The summed E-state index contributed by atoms with van der Waals surface area (Å²) < 4.78 is 28.1. The lowest BCUT2D eigenvalue weighted by atomic mass is 9.99. The molecule has 0 spiro atoms. The van der Waals surface area contributed by atoms with Crippen LogP contribution in [0.5, 0.6) is 0 Å². The van der Waals surface area contributed by atoms with Crippen LogP contribution in [0, 0.1) is 20.8 Å². The maximum absolute atomic E-state index is 12.7. The third kappa shape index (κ3) is 3.94. The summed E-state index contributed by atoms with van der Waals surface area (Å²) in [4.78, 5) is 0.370. The largest absolute Gasteiger partial charge is 0.280 e. The van der Waals surface area contributed by atoms with Crippen LogP contribution in [0.15, 0.2) is 41.3 Å². The molecular weight excluding hydrogens is 306 g/mol. The van der Waals surface area contributed by atoms with Gasteiger partial charge in [-0.3, -0.25) is 4.72 Å². The number of sulfonamides is 1. The average molecular weight is 331 g/mol. The molecule has 2 aromatic rings. The van der Waals surface area contributed by atoms with E-state index in [1.807, 2.05) is 57.2 Å². The Labute approximate surface area is 139 Å². The molecule has 23 heavy (non-hydrogen) atoms. The van der Waals surface area contributed by atoms with Gasteiger partial charge >= 0.3 is 0 Å². The van der Waals surface area contributed by atoms with Gasteiger partial charge in [0.2, 0.25) is 0 Å². The first-order valence-corrected chi connectivity index (χ1v) is 9.43. The van der Waals surface area contributed by atoms with Gasteiger partial charge in [-0.05, 0) is 61.9 Å². The van der Waals surface area contributed by atoms with E-state index in [-0.39, 0.29) is 0 Å². The van der Waals surface area contributed by atoms with Gasteiger partial charge in [-0.2, -0.15) is 0 Å². The van der Waals surface area contributed by atoms with E-state index in [2.05, 4.69) is 18.6 Å². The summed E-state index contributed by atoms with van der Waals surface area (Å²) in [6.07, 6.45) is 1.06. The van der Waals surface area contributed by atoms with Crippen molar-refractivity contribution in [3.63, 3.8) is 0 Å². The molecule has 0 radical (unpaired) electrons. The smallest absolute Gasteiger partial charge is 0.262 e. The van der Waals surface area contributed by atoms with Crippen LogP contribution in [0.4, 0.5) is 5.69 Å². The molecule has 2 aromatic carbocycles. The summed E-state index contributed by atoms with van der Waals surface area (Å²) in [5.74, 6) is 0.474. The van der Waals surface area contributed by atoms with Crippen molar-refractivity contribution in [2.75, 3.05) is 4.72 Å². The van der Waals surface area contributed by atoms with E-state index in [9.17, 15) is 8.42 Å². The predicted octanol–water partition coefficient (Wildman–Crippen LogP) is 4.93. The van der Waals surface area contributed by atoms with Crippen LogP contribution >= 0.6 is 0 Å². The number of aryl methyl sites for hydroxylation is 3. The number of hydrogen-bond donors (Lipinski definition) is 1. The third-order valence-corrected chi connectivity index (χ3v) is 5.90. The van der Waals surface area contributed by atoms with Gasteiger partial charge in [0.15, 0.2) is 0 Å². The van der Waals surface area contributed by atoms with Crippen molar-refractivity contribution in [2.45, 2.75) is 51.9 Å². The Hall–Kier alpha value is -1.81. The first kappa shape index (κ1) is 17.5. The van der Waals surface area contributed by atoms with Gasteiger partial charge in [0, 0.05) is 5.69 Å². The summed E-state index contributed by atoms with van der Waals surface area (Å²) in [5, 5.41) is 0. The zero-order valence-electron chi connectivity index (χ0n) is 14.5. The number of hydrogen-bond acceptors (Lipinski definition) is 2. The maximum Gasteiger partial charge on any atom is 0.262 e. The van der Waals surface area contributed by atoms with Crippen molar-refractivity contribution in [2.24, 2.45) is 0 Å². The van der Waals surface area contributed by atoms with Crippen molar-refractivity contribution in [3.8, 4) is 0 Å². The van der Waals surface area contributed by atoms with Gasteiger partial charge in [-0.1, -0.05) is 43.7 Å². The number of nitrogens with one attached hydrogen (secondary N) is 1. The van der Waals surface area contributed by atoms with E-state index >= 15 is 0 Å². The average Bonchev–Trinajstić information content (AvgIpc) is 2.45. The lowest BCUT2D eigenvalue weighted by molar-refractivity contribution is 0.600. The van der Waals surface area contributed by atoms with E-state index in [4.69, 9.17) is 0 Å². The van der Waals surface area contributed by atoms with Gasteiger partial charge in [0.25, 0.3) is 10.0 Å². The van der Waals surface area contributed by atoms with Crippen molar-refractivity contribution >= 4 is 15.7 Å². The van der Waals surface area contributed by atoms with Crippen LogP contribution in [0.3, 0.4) is 0 Å². The molecule has 0 bridgehead atoms. The molecule has 1 atom stereocenters. The molecule has 0 saturated carbocycles. The van der Waals surface area contributed by atoms with Crippen LogP contribution < -0.4 is 4.72 Å². The van der Waals surface area contributed by atoms with Crippen LogP contribution in [0.1, 0.15) is 48.4 Å². The van der Waals surface area contributed by atoms with Gasteiger partial charge in [-0.15, -0.1) is 0 Å². The lowest BCUT2D eigenvalue weighted by Crippen LogP contribution is -2.16. The molecule has 3 nitrogen and oxygen atoms in total. The van der Waals surface area contributed by atoms with Crippen molar-refractivity contribution in [3.05, 3.63) is 58.7 Å². The van der Waals surface area contributed by atoms with Gasteiger partial charge in [0.05, 0.1) is 4.90 Å². The zero-order valence-corrected chi connectivity index (χ0v) is 15.3.